The number of hydrogen-bond acceptors (Lipinski definition) is 2. The molecule has 96 valence electrons. The Morgan fingerprint density at radius 3 is 2.38 bits per heavy atom. The van der Waals surface area contributed by atoms with Crippen molar-refractivity contribution in [3.8, 4) is 0 Å². The Bertz CT molecular complexity index is 199. The van der Waals surface area contributed by atoms with Crippen LogP contribution in [0.15, 0.2) is 0 Å². The van der Waals surface area contributed by atoms with Crippen molar-refractivity contribution in [2.24, 2.45) is 11.3 Å². The van der Waals surface area contributed by atoms with Crippen LogP contribution in [0.2, 0.25) is 0 Å². The van der Waals surface area contributed by atoms with Crippen molar-refractivity contribution in [2.75, 3.05) is 6.61 Å². The molecule has 0 aromatic heterocycles. The summed E-state index contributed by atoms with van der Waals surface area (Å²) < 4.78 is 6.00. The van der Waals surface area contributed by atoms with Crippen LogP contribution >= 0.6 is 0 Å². The van der Waals surface area contributed by atoms with E-state index in [-0.39, 0.29) is 17.6 Å². The lowest BCUT2D eigenvalue weighted by atomic mass is 9.60. The third-order valence-electron chi connectivity index (χ3n) is 4.42. The predicted molar refractivity (Wildman–Crippen MR) is 67.5 cm³/mol. The molecule has 0 spiro atoms. The molecule has 1 aliphatic carbocycles. The first-order valence-electron chi connectivity index (χ1n) is 6.90. The Hall–Kier alpha value is -0.0800. The summed E-state index contributed by atoms with van der Waals surface area (Å²) in [6.45, 7) is 9.65. The second-order valence-corrected chi connectivity index (χ2v) is 5.41. The van der Waals surface area contributed by atoms with E-state index in [0.29, 0.717) is 5.92 Å². The molecular weight excluding hydrogens is 200 g/mol. The zero-order valence-electron chi connectivity index (χ0n) is 11.3. The molecule has 0 saturated heterocycles. The predicted octanol–water partition coefficient (Wildman–Crippen LogP) is 3.38. The molecule has 0 aliphatic heterocycles. The van der Waals surface area contributed by atoms with Gasteiger partial charge in [0.25, 0.3) is 0 Å². The quantitative estimate of drug-likeness (QED) is 0.724. The van der Waals surface area contributed by atoms with E-state index in [1.54, 1.807) is 0 Å². The second kappa shape index (κ2) is 6.02. The number of hydrogen-bond donors (Lipinski definition) is 1. The van der Waals surface area contributed by atoms with Gasteiger partial charge in [-0.15, -0.1) is 0 Å². The van der Waals surface area contributed by atoms with Gasteiger partial charge in [-0.3, -0.25) is 0 Å². The normalized spacial score (nSPS) is 29.8. The molecule has 0 bridgehead atoms. The van der Waals surface area contributed by atoms with Gasteiger partial charge in [0.1, 0.15) is 0 Å². The zero-order chi connectivity index (χ0) is 12.2. The third-order valence-corrected chi connectivity index (χ3v) is 4.42. The van der Waals surface area contributed by atoms with Gasteiger partial charge in [0.2, 0.25) is 0 Å². The van der Waals surface area contributed by atoms with Gasteiger partial charge in [-0.1, -0.05) is 34.1 Å². The van der Waals surface area contributed by atoms with E-state index >= 15 is 0 Å². The smallest absolute Gasteiger partial charge is 0.0680 e. The van der Waals surface area contributed by atoms with E-state index in [1.807, 2.05) is 0 Å². The first kappa shape index (κ1) is 14.0. The number of ether oxygens (including phenoxy) is 1. The summed E-state index contributed by atoms with van der Waals surface area (Å²) in [4.78, 5) is 0. The van der Waals surface area contributed by atoms with Crippen molar-refractivity contribution < 1.29 is 9.84 Å². The highest BCUT2D eigenvalue weighted by molar-refractivity contribution is 5.02. The maximum absolute atomic E-state index is 9.92. The average molecular weight is 228 g/mol. The average Bonchev–Trinajstić information content (AvgIpc) is 2.26. The summed E-state index contributed by atoms with van der Waals surface area (Å²) in [6, 6.07) is 0. The van der Waals surface area contributed by atoms with Gasteiger partial charge in [-0.25, -0.2) is 0 Å². The summed E-state index contributed by atoms with van der Waals surface area (Å²) in [7, 11) is 0. The number of rotatable bonds is 7. The van der Waals surface area contributed by atoms with Gasteiger partial charge in [0.15, 0.2) is 0 Å². The highest BCUT2D eigenvalue weighted by Crippen LogP contribution is 2.48. The van der Waals surface area contributed by atoms with Crippen molar-refractivity contribution >= 4 is 0 Å². The van der Waals surface area contributed by atoms with Crippen LogP contribution in [0.4, 0.5) is 0 Å². The Labute approximate surface area is 100 Å². The molecule has 2 nitrogen and oxygen atoms in total. The molecule has 0 amide bonds. The maximum atomic E-state index is 9.92. The lowest BCUT2D eigenvalue weighted by Gasteiger charge is -2.53. The van der Waals surface area contributed by atoms with Crippen LogP contribution in [0.25, 0.3) is 0 Å². The van der Waals surface area contributed by atoms with E-state index in [4.69, 9.17) is 4.74 Å². The molecular formula is C14H28O2. The molecule has 2 heteroatoms. The SMILES string of the molecule is CCCC(C)COC1CC(O)C1(CC)CC. The lowest BCUT2D eigenvalue weighted by Crippen LogP contribution is -2.57. The fourth-order valence-corrected chi connectivity index (χ4v) is 2.99. The summed E-state index contributed by atoms with van der Waals surface area (Å²) in [5.74, 6) is 0.647. The second-order valence-electron chi connectivity index (χ2n) is 5.41. The summed E-state index contributed by atoms with van der Waals surface area (Å²) >= 11 is 0. The number of aliphatic hydroxyl groups excluding tert-OH is 1. The summed E-state index contributed by atoms with van der Waals surface area (Å²) in [6.07, 6.45) is 5.49. The Morgan fingerprint density at radius 2 is 1.94 bits per heavy atom. The summed E-state index contributed by atoms with van der Waals surface area (Å²) in [5, 5.41) is 9.92. The minimum atomic E-state index is -0.144. The van der Waals surface area contributed by atoms with Gasteiger partial charge in [-0.05, 0) is 25.2 Å². The van der Waals surface area contributed by atoms with Crippen LogP contribution in [0, 0.1) is 11.3 Å². The molecule has 16 heavy (non-hydrogen) atoms. The van der Waals surface area contributed by atoms with Crippen LogP contribution in [-0.4, -0.2) is 23.9 Å². The molecule has 1 N–H and O–H groups in total. The first-order valence-corrected chi connectivity index (χ1v) is 6.90. The zero-order valence-corrected chi connectivity index (χ0v) is 11.3. The molecule has 0 radical (unpaired) electrons. The fourth-order valence-electron chi connectivity index (χ4n) is 2.99. The van der Waals surface area contributed by atoms with Gasteiger partial charge < -0.3 is 9.84 Å². The molecule has 3 atom stereocenters. The number of aliphatic hydroxyl groups is 1. The van der Waals surface area contributed by atoms with Crippen LogP contribution in [0.5, 0.6) is 0 Å². The summed E-state index contributed by atoms with van der Waals surface area (Å²) in [5.41, 5.74) is 0.0476. The Balaban J connectivity index is 2.38. The lowest BCUT2D eigenvalue weighted by molar-refractivity contribution is -0.199. The van der Waals surface area contributed by atoms with Gasteiger partial charge in [0, 0.05) is 18.4 Å². The van der Waals surface area contributed by atoms with Crippen LogP contribution in [-0.2, 0) is 4.74 Å². The molecule has 1 aliphatic rings. The largest absolute Gasteiger partial charge is 0.392 e. The van der Waals surface area contributed by atoms with E-state index in [9.17, 15) is 5.11 Å². The molecule has 1 saturated carbocycles. The van der Waals surface area contributed by atoms with Crippen LogP contribution in [0.1, 0.15) is 59.8 Å². The Morgan fingerprint density at radius 1 is 1.31 bits per heavy atom. The standard InChI is InChI=1S/C14H28O2/c1-5-8-11(4)10-16-13-9-12(15)14(13,6-2)7-3/h11-13,15H,5-10H2,1-4H3. The molecule has 0 heterocycles. The van der Waals surface area contributed by atoms with Crippen molar-refractivity contribution in [3.05, 3.63) is 0 Å². The minimum absolute atomic E-state index is 0.0476. The highest BCUT2D eigenvalue weighted by Gasteiger charge is 2.52. The van der Waals surface area contributed by atoms with Gasteiger partial charge >= 0.3 is 0 Å². The van der Waals surface area contributed by atoms with Gasteiger partial charge in [-0.2, -0.15) is 0 Å². The highest BCUT2D eigenvalue weighted by atomic mass is 16.5. The Kier molecular flexibility index (Phi) is 5.26. The van der Waals surface area contributed by atoms with Crippen LogP contribution < -0.4 is 0 Å². The molecule has 1 rings (SSSR count). The van der Waals surface area contributed by atoms with Crippen molar-refractivity contribution in [1.82, 2.24) is 0 Å². The van der Waals surface area contributed by atoms with Crippen molar-refractivity contribution in [3.63, 3.8) is 0 Å². The third kappa shape index (κ3) is 2.60. The van der Waals surface area contributed by atoms with E-state index in [1.165, 1.54) is 12.8 Å². The molecule has 3 unspecified atom stereocenters. The first-order chi connectivity index (χ1) is 7.60. The van der Waals surface area contributed by atoms with Crippen LogP contribution in [0.3, 0.4) is 0 Å². The van der Waals surface area contributed by atoms with E-state index in [0.717, 1.165) is 25.9 Å². The van der Waals surface area contributed by atoms with Crippen molar-refractivity contribution in [2.45, 2.75) is 72.0 Å². The maximum Gasteiger partial charge on any atom is 0.0680 e. The van der Waals surface area contributed by atoms with E-state index in [2.05, 4.69) is 27.7 Å². The molecule has 0 aromatic carbocycles. The molecule has 1 fully saturated rings. The van der Waals surface area contributed by atoms with Crippen molar-refractivity contribution in [1.29, 1.82) is 0 Å². The molecule has 0 aromatic rings. The van der Waals surface area contributed by atoms with Gasteiger partial charge in [0.05, 0.1) is 12.2 Å². The van der Waals surface area contributed by atoms with E-state index < -0.39 is 0 Å². The topological polar surface area (TPSA) is 29.5 Å². The fraction of sp³-hybridized carbons (Fsp3) is 1.00. The monoisotopic (exact) mass is 228 g/mol. The minimum Gasteiger partial charge on any atom is -0.392 e.